The Morgan fingerprint density at radius 1 is 1.07 bits per heavy atom. The first kappa shape index (κ1) is 18.7. The van der Waals surface area contributed by atoms with Crippen molar-refractivity contribution >= 4 is 16.9 Å². The Hall–Kier alpha value is -2.63. The number of carbonyl (C=O) groups is 1. The van der Waals surface area contributed by atoms with Crippen LogP contribution in [0.5, 0.6) is 0 Å². The summed E-state index contributed by atoms with van der Waals surface area (Å²) in [4.78, 5) is 15.4. The van der Waals surface area contributed by atoms with E-state index in [2.05, 4.69) is 22.3 Å². The number of nitrogens with one attached hydrogen (secondary N) is 1. The van der Waals surface area contributed by atoms with Gasteiger partial charge in [-0.25, -0.2) is 0 Å². The molecule has 5 nitrogen and oxygen atoms in total. The third kappa shape index (κ3) is 4.26. The van der Waals surface area contributed by atoms with Crippen molar-refractivity contribution in [2.45, 2.75) is 19.4 Å². The topological polar surface area (TPSA) is 54.7 Å². The van der Waals surface area contributed by atoms with E-state index >= 15 is 0 Å². The van der Waals surface area contributed by atoms with Gasteiger partial charge in [-0.05, 0) is 25.0 Å². The normalized spacial score (nSPS) is 16.2. The Morgan fingerprint density at radius 3 is 2.54 bits per heavy atom. The molecule has 1 aromatic heterocycles. The largest absolute Gasteiger partial charge is 0.451 e. The predicted octanol–water partition coefficient (Wildman–Crippen LogP) is 3.41. The third-order valence-electron chi connectivity index (χ3n) is 5.29. The van der Waals surface area contributed by atoms with Crippen LogP contribution in [0.1, 0.15) is 21.7 Å². The standard InChI is InChI=1S/C23H26N2O3/c1-17-20-9-5-6-10-21(20)28-22(17)23(26)24-19(15-18-7-3-2-4-8-18)16-25-11-13-27-14-12-25/h2-10,19H,11-16H2,1H3,(H,24,26). The summed E-state index contributed by atoms with van der Waals surface area (Å²) in [6.45, 7) is 6.01. The number of hydrogen-bond donors (Lipinski definition) is 1. The molecule has 1 saturated heterocycles. The molecular weight excluding hydrogens is 352 g/mol. The lowest BCUT2D eigenvalue weighted by molar-refractivity contribution is 0.0332. The van der Waals surface area contributed by atoms with Gasteiger partial charge in [-0.15, -0.1) is 0 Å². The van der Waals surface area contributed by atoms with E-state index in [4.69, 9.17) is 9.15 Å². The van der Waals surface area contributed by atoms with Gasteiger partial charge in [-0.2, -0.15) is 0 Å². The van der Waals surface area contributed by atoms with Crippen LogP contribution in [0, 0.1) is 6.92 Å². The number of ether oxygens (including phenoxy) is 1. The van der Waals surface area contributed by atoms with Crippen LogP contribution in [0.2, 0.25) is 0 Å². The van der Waals surface area contributed by atoms with Gasteiger partial charge in [0.25, 0.3) is 5.91 Å². The minimum Gasteiger partial charge on any atom is -0.451 e. The van der Waals surface area contributed by atoms with Crippen molar-refractivity contribution in [3.8, 4) is 0 Å². The molecule has 1 aliphatic heterocycles. The highest BCUT2D eigenvalue weighted by atomic mass is 16.5. The molecule has 1 unspecified atom stereocenters. The molecule has 1 amide bonds. The fraction of sp³-hybridized carbons (Fsp3) is 0.348. The zero-order chi connectivity index (χ0) is 19.3. The van der Waals surface area contributed by atoms with E-state index in [1.165, 1.54) is 5.56 Å². The van der Waals surface area contributed by atoms with Crippen molar-refractivity contribution in [2.75, 3.05) is 32.8 Å². The van der Waals surface area contributed by atoms with E-state index < -0.39 is 0 Å². The molecule has 4 rings (SSSR count). The average molecular weight is 378 g/mol. The Balaban J connectivity index is 1.52. The molecule has 1 aliphatic rings. The molecule has 5 heteroatoms. The molecule has 0 saturated carbocycles. The molecule has 2 aromatic carbocycles. The maximum Gasteiger partial charge on any atom is 0.287 e. The highest BCUT2D eigenvalue weighted by molar-refractivity contribution is 5.99. The highest BCUT2D eigenvalue weighted by Gasteiger charge is 2.23. The maximum atomic E-state index is 13.0. The molecule has 0 radical (unpaired) electrons. The van der Waals surface area contributed by atoms with Gasteiger partial charge in [-0.1, -0.05) is 48.5 Å². The van der Waals surface area contributed by atoms with E-state index in [1.54, 1.807) is 0 Å². The predicted molar refractivity (Wildman–Crippen MR) is 110 cm³/mol. The molecule has 3 aromatic rings. The number of para-hydroxylation sites is 1. The van der Waals surface area contributed by atoms with Crippen LogP contribution < -0.4 is 5.32 Å². The Labute approximate surface area is 165 Å². The minimum absolute atomic E-state index is 0.000567. The first-order chi connectivity index (χ1) is 13.7. The Kier molecular flexibility index (Phi) is 5.74. The fourth-order valence-corrected chi connectivity index (χ4v) is 3.80. The van der Waals surface area contributed by atoms with Gasteiger partial charge in [0.1, 0.15) is 5.58 Å². The van der Waals surface area contributed by atoms with Crippen molar-refractivity contribution in [2.24, 2.45) is 0 Å². The van der Waals surface area contributed by atoms with Crippen LogP contribution in [0.25, 0.3) is 11.0 Å². The van der Waals surface area contributed by atoms with Crippen molar-refractivity contribution in [1.82, 2.24) is 10.2 Å². The quantitative estimate of drug-likeness (QED) is 0.714. The van der Waals surface area contributed by atoms with Crippen molar-refractivity contribution in [3.05, 3.63) is 71.5 Å². The van der Waals surface area contributed by atoms with Gasteiger partial charge in [0.2, 0.25) is 0 Å². The number of rotatable bonds is 6. The lowest BCUT2D eigenvalue weighted by Crippen LogP contribution is -2.48. The molecule has 146 valence electrons. The summed E-state index contributed by atoms with van der Waals surface area (Å²) in [5.41, 5.74) is 2.85. The van der Waals surface area contributed by atoms with Crippen LogP contribution in [0.3, 0.4) is 0 Å². The molecule has 0 bridgehead atoms. The number of benzene rings is 2. The van der Waals surface area contributed by atoms with E-state index in [0.29, 0.717) is 5.76 Å². The molecule has 2 heterocycles. The number of morpholine rings is 1. The number of aryl methyl sites for hydroxylation is 1. The van der Waals surface area contributed by atoms with Crippen molar-refractivity contribution in [3.63, 3.8) is 0 Å². The number of hydrogen-bond acceptors (Lipinski definition) is 4. The second kappa shape index (κ2) is 8.59. The smallest absolute Gasteiger partial charge is 0.287 e. The average Bonchev–Trinajstić information content (AvgIpc) is 3.06. The molecule has 1 N–H and O–H groups in total. The lowest BCUT2D eigenvalue weighted by Gasteiger charge is -2.30. The molecular formula is C23H26N2O3. The maximum absolute atomic E-state index is 13.0. The SMILES string of the molecule is Cc1c(C(=O)NC(Cc2ccccc2)CN2CCOCC2)oc2ccccc12. The summed E-state index contributed by atoms with van der Waals surface area (Å²) in [5, 5.41) is 4.20. The molecule has 28 heavy (non-hydrogen) atoms. The number of nitrogens with zero attached hydrogens (tertiary/aromatic N) is 1. The van der Waals surface area contributed by atoms with Crippen LogP contribution in [-0.2, 0) is 11.2 Å². The first-order valence-electron chi connectivity index (χ1n) is 9.84. The molecule has 0 aliphatic carbocycles. The van der Waals surface area contributed by atoms with Gasteiger partial charge < -0.3 is 14.5 Å². The van der Waals surface area contributed by atoms with Crippen LogP contribution >= 0.6 is 0 Å². The van der Waals surface area contributed by atoms with Crippen LogP contribution in [-0.4, -0.2) is 49.7 Å². The van der Waals surface area contributed by atoms with E-state index in [0.717, 1.165) is 55.8 Å². The summed E-state index contributed by atoms with van der Waals surface area (Å²) >= 11 is 0. The van der Waals surface area contributed by atoms with E-state index in [-0.39, 0.29) is 11.9 Å². The van der Waals surface area contributed by atoms with Crippen LogP contribution in [0.4, 0.5) is 0 Å². The van der Waals surface area contributed by atoms with Gasteiger partial charge in [-0.3, -0.25) is 9.69 Å². The summed E-state index contributed by atoms with van der Waals surface area (Å²) in [6, 6.07) is 18.0. The monoisotopic (exact) mass is 378 g/mol. The zero-order valence-corrected chi connectivity index (χ0v) is 16.2. The number of furan rings is 1. The number of amides is 1. The summed E-state index contributed by atoms with van der Waals surface area (Å²) in [6.07, 6.45) is 0.781. The minimum atomic E-state index is -0.150. The van der Waals surface area contributed by atoms with Crippen LogP contribution in [0.15, 0.2) is 59.0 Å². The first-order valence-corrected chi connectivity index (χ1v) is 9.84. The Bertz CT molecular complexity index is 929. The molecule has 1 atom stereocenters. The molecule has 1 fully saturated rings. The lowest BCUT2D eigenvalue weighted by atomic mass is 10.0. The second-order valence-corrected chi connectivity index (χ2v) is 7.33. The second-order valence-electron chi connectivity index (χ2n) is 7.33. The van der Waals surface area contributed by atoms with E-state index in [1.807, 2.05) is 49.4 Å². The third-order valence-corrected chi connectivity index (χ3v) is 5.29. The van der Waals surface area contributed by atoms with E-state index in [9.17, 15) is 4.79 Å². The van der Waals surface area contributed by atoms with Gasteiger partial charge >= 0.3 is 0 Å². The van der Waals surface area contributed by atoms with Crippen molar-refractivity contribution in [1.29, 1.82) is 0 Å². The van der Waals surface area contributed by atoms with Gasteiger partial charge in [0, 0.05) is 36.6 Å². The summed E-state index contributed by atoms with van der Waals surface area (Å²) < 4.78 is 11.3. The fourth-order valence-electron chi connectivity index (χ4n) is 3.80. The van der Waals surface area contributed by atoms with Gasteiger partial charge in [0.05, 0.1) is 13.2 Å². The number of carbonyl (C=O) groups excluding carboxylic acids is 1. The van der Waals surface area contributed by atoms with Crippen molar-refractivity contribution < 1.29 is 13.9 Å². The summed E-state index contributed by atoms with van der Waals surface area (Å²) in [7, 11) is 0. The zero-order valence-electron chi connectivity index (χ0n) is 16.2. The number of fused-ring (bicyclic) bond motifs is 1. The van der Waals surface area contributed by atoms with Gasteiger partial charge in [0.15, 0.2) is 5.76 Å². The highest BCUT2D eigenvalue weighted by Crippen LogP contribution is 2.25. The Morgan fingerprint density at radius 2 is 1.79 bits per heavy atom. The summed E-state index contributed by atoms with van der Waals surface area (Å²) in [5.74, 6) is 0.254. The molecule has 0 spiro atoms.